The van der Waals surface area contributed by atoms with Crippen LogP contribution in [0.1, 0.15) is 44.6 Å². The van der Waals surface area contributed by atoms with Gasteiger partial charge in [0.1, 0.15) is 25.8 Å². The predicted molar refractivity (Wildman–Crippen MR) is 151 cm³/mol. The van der Waals surface area contributed by atoms with E-state index in [4.69, 9.17) is 32.7 Å². The van der Waals surface area contributed by atoms with Crippen LogP contribution in [0.15, 0.2) is 36.4 Å². The smallest absolute Gasteiger partial charge is 0.244 e. The van der Waals surface area contributed by atoms with E-state index >= 15 is 0 Å². The van der Waals surface area contributed by atoms with Crippen LogP contribution in [0.25, 0.3) is 0 Å². The standard InChI is InChI=1S/C27H33Cl2N3O6S/c1-3-23(27(34)30-20-6-4-5-7-20)31(16-18-8-9-19(28)14-22(18)29)26(33)17-32(39(2,35)36)21-10-11-24-25(15-21)38-13-12-37-24/h8-11,14-15,20,23H,3-7,12-13,16-17H2,1-2H3,(H,30,34)/t23-/m1/s1. The highest BCUT2D eigenvalue weighted by Crippen LogP contribution is 2.35. The van der Waals surface area contributed by atoms with Gasteiger partial charge < -0.3 is 19.7 Å². The Morgan fingerprint density at radius 3 is 2.38 bits per heavy atom. The SMILES string of the molecule is CC[C@H](C(=O)NC1CCCC1)N(Cc1ccc(Cl)cc1Cl)C(=O)CN(c1ccc2c(c1)OCCO2)S(C)(=O)=O. The summed E-state index contributed by atoms with van der Waals surface area (Å²) in [5.74, 6) is 0.0771. The molecule has 2 amide bonds. The first-order chi connectivity index (χ1) is 18.6. The maximum absolute atomic E-state index is 13.9. The average molecular weight is 599 g/mol. The average Bonchev–Trinajstić information content (AvgIpc) is 3.40. The van der Waals surface area contributed by atoms with E-state index in [1.54, 1.807) is 30.3 Å². The normalized spacial score (nSPS) is 16.0. The second-order valence-electron chi connectivity index (χ2n) is 9.77. The van der Waals surface area contributed by atoms with Crippen molar-refractivity contribution in [1.82, 2.24) is 10.2 Å². The van der Waals surface area contributed by atoms with Crippen molar-refractivity contribution in [3.63, 3.8) is 0 Å². The fourth-order valence-electron chi connectivity index (χ4n) is 4.92. The molecule has 0 saturated heterocycles. The predicted octanol–water partition coefficient (Wildman–Crippen LogP) is 4.40. The minimum Gasteiger partial charge on any atom is -0.486 e. The Kier molecular flexibility index (Phi) is 9.51. The number of ether oxygens (including phenoxy) is 2. The lowest BCUT2D eigenvalue weighted by Gasteiger charge is -2.33. The maximum Gasteiger partial charge on any atom is 0.244 e. The Bertz CT molecular complexity index is 1320. The van der Waals surface area contributed by atoms with Crippen LogP contribution < -0.4 is 19.1 Å². The minimum absolute atomic E-state index is 0.00414. The van der Waals surface area contributed by atoms with Crippen LogP contribution in [-0.4, -0.2) is 63.2 Å². The van der Waals surface area contributed by atoms with Gasteiger partial charge in [-0.2, -0.15) is 0 Å². The number of carbonyl (C=O) groups is 2. The largest absolute Gasteiger partial charge is 0.486 e. The molecule has 39 heavy (non-hydrogen) atoms. The second-order valence-corrected chi connectivity index (χ2v) is 12.5. The van der Waals surface area contributed by atoms with Crippen LogP contribution in [0, 0.1) is 0 Å². The highest BCUT2D eigenvalue weighted by Gasteiger charge is 2.33. The maximum atomic E-state index is 13.9. The van der Waals surface area contributed by atoms with Gasteiger partial charge in [0.15, 0.2) is 11.5 Å². The Hall–Kier alpha value is -2.69. The number of anilines is 1. The van der Waals surface area contributed by atoms with Gasteiger partial charge in [-0.1, -0.05) is 49.0 Å². The van der Waals surface area contributed by atoms with Crippen molar-refractivity contribution < 1.29 is 27.5 Å². The Morgan fingerprint density at radius 1 is 1.05 bits per heavy atom. The third kappa shape index (κ3) is 7.29. The van der Waals surface area contributed by atoms with Gasteiger partial charge >= 0.3 is 0 Å². The molecule has 1 N–H and O–H groups in total. The van der Waals surface area contributed by atoms with Gasteiger partial charge in [-0.25, -0.2) is 8.42 Å². The number of nitrogens with zero attached hydrogens (tertiary/aromatic N) is 2. The van der Waals surface area contributed by atoms with E-state index in [1.807, 2.05) is 6.92 Å². The van der Waals surface area contributed by atoms with E-state index in [-0.39, 0.29) is 24.2 Å². The molecule has 1 fully saturated rings. The number of hydrogen-bond donors (Lipinski definition) is 1. The second kappa shape index (κ2) is 12.7. The summed E-state index contributed by atoms with van der Waals surface area (Å²) in [4.78, 5) is 28.7. The molecule has 12 heteroatoms. The molecule has 212 valence electrons. The molecule has 0 unspecified atom stereocenters. The van der Waals surface area contributed by atoms with Crippen LogP contribution in [0.4, 0.5) is 5.69 Å². The highest BCUT2D eigenvalue weighted by molar-refractivity contribution is 7.92. The molecule has 0 bridgehead atoms. The number of carbonyl (C=O) groups excluding carboxylic acids is 2. The zero-order valence-electron chi connectivity index (χ0n) is 22.0. The summed E-state index contributed by atoms with van der Waals surface area (Å²) in [7, 11) is -3.89. The van der Waals surface area contributed by atoms with Crippen molar-refractivity contribution in [2.45, 2.75) is 57.7 Å². The number of hydrogen-bond acceptors (Lipinski definition) is 6. The van der Waals surface area contributed by atoms with Gasteiger partial charge in [0.05, 0.1) is 11.9 Å². The first kappa shape index (κ1) is 29.3. The summed E-state index contributed by atoms with van der Waals surface area (Å²) in [5.41, 5.74) is 0.842. The summed E-state index contributed by atoms with van der Waals surface area (Å²) in [6.07, 6.45) is 5.24. The molecule has 4 rings (SSSR count). The zero-order chi connectivity index (χ0) is 28.2. The Balaban J connectivity index is 1.65. The summed E-state index contributed by atoms with van der Waals surface area (Å²) >= 11 is 12.5. The van der Waals surface area contributed by atoms with E-state index in [1.165, 1.54) is 11.0 Å². The van der Waals surface area contributed by atoms with Gasteiger partial charge in [0.25, 0.3) is 0 Å². The van der Waals surface area contributed by atoms with E-state index in [0.717, 1.165) is 36.2 Å². The van der Waals surface area contributed by atoms with Gasteiger partial charge in [0, 0.05) is 28.7 Å². The van der Waals surface area contributed by atoms with Crippen molar-refractivity contribution in [1.29, 1.82) is 0 Å². The molecule has 1 aliphatic carbocycles. The quantitative estimate of drug-likeness (QED) is 0.435. The monoisotopic (exact) mass is 597 g/mol. The molecule has 1 atom stereocenters. The fraction of sp³-hybridized carbons (Fsp3) is 0.481. The molecule has 2 aromatic carbocycles. The van der Waals surface area contributed by atoms with Crippen molar-refractivity contribution >= 4 is 50.7 Å². The van der Waals surface area contributed by atoms with Gasteiger partial charge in [-0.15, -0.1) is 0 Å². The van der Waals surface area contributed by atoms with Crippen LogP contribution in [-0.2, 0) is 26.2 Å². The van der Waals surface area contributed by atoms with Gasteiger partial charge in [-0.3, -0.25) is 13.9 Å². The Labute approximate surface area is 239 Å². The number of benzene rings is 2. The van der Waals surface area contributed by atoms with Crippen LogP contribution in [0.3, 0.4) is 0 Å². The molecule has 0 spiro atoms. The summed E-state index contributed by atoms with van der Waals surface area (Å²) in [6, 6.07) is 8.87. The van der Waals surface area contributed by atoms with Crippen LogP contribution in [0.5, 0.6) is 11.5 Å². The molecule has 9 nitrogen and oxygen atoms in total. The Morgan fingerprint density at radius 2 is 1.74 bits per heavy atom. The fourth-order valence-corrected chi connectivity index (χ4v) is 6.23. The summed E-state index contributed by atoms with van der Waals surface area (Å²) in [5, 5.41) is 3.86. The third-order valence-corrected chi connectivity index (χ3v) is 8.66. The van der Waals surface area contributed by atoms with E-state index in [9.17, 15) is 18.0 Å². The number of halogens is 2. The van der Waals surface area contributed by atoms with E-state index in [0.29, 0.717) is 46.7 Å². The molecule has 0 aromatic heterocycles. The molecule has 1 saturated carbocycles. The topological polar surface area (TPSA) is 105 Å². The molecule has 2 aliphatic rings. The van der Waals surface area contributed by atoms with E-state index < -0.39 is 28.5 Å². The molecular weight excluding hydrogens is 565 g/mol. The van der Waals surface area contributed by atoms with Gasteiger partial charge in [0.2, 0.25) is 21.8 Å². The zero-order valence-corrected chi connectivity index (χ0v) is 24.3. The number of amides is 2. The molecule has 1 aliphatic heterocycles. The summed E-state index contributed by atoms with van der Waals surface area (Å²) in [6.45, 7) is 2.03. The van der Waals surface area contributed by atoms with Crippen molar-refractivity contribution in [3.8, 4) is 11.5 Å². The van der Waals surface area contributed by atoms with Gasteiger partial charge in [-0.05, 0) is 49.1 Å². The van der Waals surface area contributed by atoms with Crippen LogP contribution >= 0.6 is 23.2 Å². The van der Waals surface area contributed by atoms with Crippen molar-refractivity contribution in [2.75, 3.05) is 30.3 Å². The third-order valence-electron chi connectivity index (χ3n) is 6.94. The van der Waals surface area contributed by atoms with Crippen LogP contribution in [0.2, 0.25) is 10.0 Å². The first-order valence-electron chi connectivity index (χ1n) is 13.0. The lowest BCUT2D eigenvalue weighted by Crippen LogP contribution is -2.53. The number of rotatable bonds is 10. The number of nitrogens with one attached hydrogen (secondary N) is 1. The molecule has 0 radical (unpaired) electrons. The molecular formula is C27H33Cl2N3O6S. The summed E-state index contributed by atoms with van der Waals surface area (Å²) < 4.78 is 37.9. The highest BCUT2D eigenvalue weighted by atomic mass is 35.5. The lowest BCUT2D eigenvalue weighted by molar-refractivity contribution is -0.140. The van der Waals surface area contributed by atoms with Crippen molar-refractivity contribution in [2.24, 2.45) is 0 Å². The lowest BCUT2D eigenvalue weighted by atomic mass is 10.1. The van der Waals surface area contributed by atoms with E-state index in [2.05, 4.69) is 5.32 Å². The molecule has 2 aromatic rings. The van der Waals surface area contributed by atoms with Crippen molar-refractivity contribution in [3.05, 3.63) is 52.0 Å². The first-order valence-corrected chi connectivity index (χ1v) is 15.6. The number of fused-ring (bicyclic) bond motifs is 1. The number of sulfonamides is 1. The molecule has 1 heterocycles. The minimum atomic E-state index is -3.89.